The predicted octanol–water partition coefficient (Wildman–Crippen LogP) is 3.36. The van der Waals surface area contributed by atoms with E-state index in [-0.39, 0.29) is 5.92 Å². The largest absolute Gasteiger partial charge is 0.389 e. The first kappa shape index (κ1) is 10.3. The molecule has 4 heteroatoms. The summed E-state index contributed by atoms with van der Waals surface area (Å²) in [6, 6.07) is 0. The summed E-state index contributed by atoms with van der Waals surface area (Å²) in [5, 5.41) is 0.643. The van der Waals surface area contributed by atoms with Crippen molar-refractivity contribution in [2.75, 3.05) is 5.33 Å². The van der Waals surface area contributed by atoms with E-state index < -0.39 is 12.6 Å². The topological polar surface area (TPSA) is 0 Å². The van der Waals surface area contributed by atoms with Gasteiger partial charge < -0.3 is 0 Å². The third-order valence-corrected chi connectivity index (χ3v) is 1.64. The molecular weight excluding hydrogens is 209 g/mol. The maximum absolute atomic E-state index is 11.6. The van der Waals surface area contributed by atoms with E-state index in [4.69, 9.17) is 0 Å². The Morgan fingerprint density at radius 3 is 2.20 bits per heavy atom. The Balaban J connectivity index is 3.47. The Kier molecular flexibility index (Phi) is 4.32. The van der Waals surface area contributed by atoms with Gasteiger partial charge >= 0.3 is 6.18 Å². The molecule has 0 N–H and O–H groups in total. The van der Waals surface area contributed by atoms with Crippen molar-refractivity contribution in [3.8, 4) is 0 Å². The molecule has 0 aliphatic heterocycles. The Bertz CT molecular complexity index is 89.5. The van der Waals surface area contributed by atoms with Crippen LogP contribution in [0.5, 0.6) is 0 Å². The van der Waals surface area contributed by atoms with Gasteiger partial charge in [-0.25, -0.2) is 0 Å². The van der Waals surface area contributed by atoms with Crippen LogP contribution in [0.1, 0.15) is 19.8 Å². The Hall–Kier alpha value is 0.270. The van der Waals surface area contributed by atoms with E-state index in [9.17, 15) is 13.2 Å². The number of hydrogen-bond donors (Lipinski definition) is 0. The van der Waals surface area contributed by atoms with Crippen molar-refractivity contribution in [2.45, 2.75) is 25.9 Å². The molecule has 0 aromatic heterocycles. The first-order chi connectivity index (χ1) is 4.45. The molecule has 0 aliphatic rings. The summed E-state index contributed by atoms with van der Waals surface area (Å²) in [5.74, 6) is -0.264. The van der Waals surface area contributed by atoms with Crippen molar-refractivity contribution >= 4 is 15.9 Å². The molecule has 0 nitrogen and oxygen atoms in total. The number of halogens is 4. The smallest absolute Gasteiger partial charge is 0.171 e. The minimum absolute atomic E-state index is 0.264. The first-order valence-corrected chi connectivity index (χ1v) is 4.20. The van der Waals surface area contributed by atoms with Crippen LogP contribution < -0.4 is 0 Å². The summed E-state index contributed by atoms with van der Waals surface area (Å²) < 4.78 is 34.8. The molecule has 0 radical (unpaired) electrons. The molecule has 10 heavy (non-hydrogen) atoms. The lowest BCUT2D eigenvalue weighted by Gasteiger charge is -2.11. The molecule has 0 aromatic rings. The van der Waals surface area contributed by atoms with Crippen molar-refractivity contribution < 1.29 is 13.2 Å². The summed E-state index contributed by atoms with van der Waals surface area (Å²) in [6.45, 7) is 1.61. The molecule has 0 saturated carbocycles. The van der Waals surface area contributed by atoms with Gasteiger partial charge in [-0.15, -0.1) is 0 Å². The maximum atomic E-state index is 11.6. The van der Waals surface area contributed by atoms with Crippen LogP contribution >= 0.6 is 15.9 Å². The SMILES string of the molecule is CC(CCBr)CC(F)(F)F. The van der Waals surface area contributed by atoms with Crippen molar-refractivity contribution in [2.24, 2.45) is 5.92 Å². The van der Waals surface area contributed by atoms with Crippen molar-refractivity contribution in [3.05, 3.63) is 0 Å². The normalized spacial score (nSPS) is 15.3. The van der Waals surface area contributed by atoms with Crippen molar-refractivity contribution in [3.63, 3.8) is 0 Å². The standard InChI is InChI=1S/C6H10BrF3/c1-5(2-3-7)4-6(8,9)10/h5H,2-4H2,1H3. The third-order valence-electron chi connectivity index (χ3n) is 1.18. The highest BCUT2D eigenvalue weighted by molar-refractivity contribution is 9.09. The zero-order chi connectivity index (χ0) is 8.20. The lowest BCUT2D eigenvalue weighted by molar-refractivity contribution is -0.143. The summed E-state index contributed by atoms with van der Waals surface area (Å²) in [5.41, 5.74) is 0. The Morgan fingerprint density at radius 2 is 1.90 bits per heavy atom. The molecule has 1 unspecified atom stereocenters. The second-order valence-electron chi connectivity index (χ2n) is 2.40. The average Bonchev–Trinajstić information content (AvgIpc) is 1.59. The number of alkyl halides is 4. The van der Waals surface area contributed by atoms with E-state index >= 15 is 0 Å². The van der Waals surface area contributed by atoms with Crippen LogP contribution in [0, 0.1) is 5.92 Å². The highest BCUT2D eigenvalue weighted by atomic mass is 79.9. The Labute approximate surface area is 66.9 Å². The van der Waals surface area contributed by atoms with Gasteiger partial charge in [0.1, 0.15) is 0 Å². The van der Waals surface area contributed by atoms with Crippen LogP contribution in [-0.4, -0.2) is 11.5 Å². The highest BCUT2D eigenvalue weighted by Crippen LogP contribution is 2.26. The van der Waals surface area contributed by atoms with E-state index in [2.05, 4.69) is 15.9 Å². The molecule has 0 aromatic carbocycles. The lowest BCUT2D eigenvalue weighted by Crippen LogP contribution is -2.13. The van der Waals surface area contributed by atoms with Crippen molar-refractivity contribution in [1.82, 2.24) is 0 Å². The van der Waals surface area contributed by atoms with E-state index in [0.29, 0.717) is 11.8 Å². The minimum Gasteiger partial charge on any atom is -0.171 e. The van der Waals surface area contributed by atoms with Gasteiger partial charge in [0.2, 0.25) is 0 Å². The quantitative estimate of drug-likeness (QED) is 0.638. The number of hydrogen-bond acceptors (Lipinski definition) is 0. The Morgan fingerprint density at radius 1 is 1.40 bits per heavy atom. The van der Waals surface area contributed by atoms with Gasteiger partial charge in [0.05, 0.1) is 0 Å². The first-order valence-electron chi connectivity index (χ1n) is 3.08. The monoisotopic (exact) mass is 218 g/mol. The van der Waals surface area contributed by atoms with Crippen LogP contribution in [0.15, 0.2) is 0 Å². The second kappa shape index (κ2) is 4.21. The molecule has 0 fully saturated rings. The second-order valence-corrected chi connectivity index (χ2v) is 3.20. The summed E-state index contributed by atoms with van der Waals surface area (Å²) in [7, 11) is 0. The van der Waals surface area contributed by atoms with Gasteiger partial charge in [-0.05, 0) is 12.3 Å². The van der Waals surface area contributed by atoms with Gasteiger partial charge in [-0.3, -0.25) is 0 Å². The van der Waals surface area contributed by atoms with Gasteiger partial charge in [-0.2, -0.15) is 13.2 Å². The molecule has 62 valence electrons. The molecule has 0 aliphatic carbocycles. The molecule has 1 atom stereocenters. The molecule has 0 bridgehead atoms. The molecular formula is C6H10BrF3. The van der Waals surface area contributed by atoms with Crippen LogP contribution in [0.4, 0.5) is 13.2 Å². The van der Waals surface area contributed by atoms with Crippen LogP contribution in [0.3, 0.4) is 0 Å². The fourth-order valence-electron chi connectivity index (χ4n) is 0.683. The summed E-state index contributed by atoms with van der Waals surface area (Å²) in [6.07, 6.45) is -4.08. The van der Waals surface area contributed by atoms with Gasteiger partial charge in [0.15, 0.2) is 0 Å². The van der Waals surface area contributed by atoms with E-state index in [0.717, 1.165) is 0 Å². The summed E-state index contributed by atoms with van der Waals surface area (Å²) >= 11 is 3.09. The third kappa shape index (κ3) is 6.39. The fourth-order valence-corrected chi connectivity index (χ4v) is 1.47. The zero-order valence-corrected chi connectivity index (χ0v) is 7.30. The van der Waals surface area contributed by atoms with E-state index in [1.807, 2.05) is 0 Å². The van der Waals surface area contributed by atoms with E-state index in [1.165, 1.54) is 0 Å². The minimum atomic E-state index is -4.00. The molecule has 0 heterocycles. The molecule has 0 rings (SSSR count). The lowest BCUT2D eigenvalue weighted by atomic mass is 10.1. The van der Waals surface area contributed by atoms with Gasteiger partial charge in [-0.1, -0.05) is 22.9 Å². The maximum Gasteiger partial charge on any atom is 0.389 e. The highest BCUT2D eigenvalue weighted by Gasteiger charge is 2.29. The van der Waals surface area contributed by atoms with Crippen LogP contribution in [-0.2, 0) is 0 Å². The van der Waals surface area contributed by atoms with Crippen LogP contribution in [0.25, 0.3) is 0 Å². The fraction of sp³-hybridized carbons (Fsp3) is 1.00. The molecule has 0 amide bonds. The molecule has 0 spiro atoms. The van der Waals surface area contributed by atoms with Crippen molar-refractivity contribution in [1.29, 1.82) is 0 Å². The van der Waals surface area contributed by atoms with Gasteiger partial charge in [0, 0.05) is 11.8 Å². The predicted molar refractivity (Wildman–Crippen MR) is 38.2 cm³/mol. The van der Waals surface area contributed by atoms with Crippen LogP contribution in [0.2, 0.25) is 0 Å². The summed E-state index contributed by atoms with van der Waals surface area (Å²) in [4.78, 5) is 0. The zero-order valence-electron chi connectivity index (χ0n) is 5.71. The molecule has 0 saturated heterocycles. The number of rotatable bonds is 3. The van der Waals surface area contributed by atoms with E-state index in [1.54, 1.807) is 6.92 Å². The van der Waals surface area contributed by atoms with Gasteiger partial charge in [0.25, 0.3) is 0 Å². The average molecular weight is 219 g/mol.